The predicted molar refractivity (Wildman–Crippen MR) is 117 cm³/mol. The van der Waals surface area contributed by atoms with Gasteiger partial charge in [0.15, 0.2) is 5.82 Å². The van der Waals surface area contributed by atoms with E-state index in [4.69, 9.17) is 16.9 Å². The van der Waals surface area contributed by atoms with Crippen molar-refractivity contribution in [1.82, 2.24) is 30.0 Å². The van der Waals surface area contributed by atoms with Gasteiger partial charge in [-0.05, 0) is 26.3 Å². The topological polar surface area (TPSA) is 117 Å². The normalized spacial score (nSPS) is 16.8. The Balaban J connectivity index is 1.80. The number of hydrogen-bond donors (Lipinski definition) is 1. The SMILES string of the molecule is Cc1nc(C(C)NC(=O)C2=CC(Cl)=CC(C(F)(F)F)C2)n(-c2ncc(C(=O)N(C)CC#N)s2)n1. The molecule has 180 valence electrons. The van der Waals surface area contributed by atoms with Crippen molar-refractivity contribution < 1.29 is 22.8 Å². The number of carbonyl (C=O) groups excluding carboxylic acids is 2. The summed E-state index contributed by atoms with van der Waals surface area (Å²) in [6, 6.07) is 1.13. The lowest BCUT2D eigenvalue weighted by molar-refractivity contribution is -0.161. The van der Waals surface area contributed by atoms with Gasteiger partial charge in [0.1, 0.15) is 17.2 Å². The number of nitrogens with zero attached hydrogens (tertiary/aromatic N) is 6. The molecule has 1 N–H and O–H groups in total. The predicted octanol–water partition coefficient (Wildman–Crippen LogP) is 3.44. The van der Waals surface area contributed by atoms with Gasteiger partial charge < -0.3 is 10.2 Å². The third-order valence-electron chi connectivity index (χ3n) is 4.84. The lowest BCUT2D eigenvalue weighted by Crippen LogP contribution is -2.33. The molecule has 1 aliphatic rings. The molecule has 0 aromatic carbocycles. The van der Waals surface area contributed by atoms with Crippen molar-refractivity contribution in [3.8, 4) is 11.2 Å². The lowest BCUT2D eigenvalue weighted by Gasteiger charge is -2.23. The fraction of sp³-hybridized carbons (Fsp3) is 0.400. The molecule has 2 aromatic heterocycles. The Morgan fingerprint density at radius 1 is 1.47 bits per heavy atom. The summed E-state index contributed by atoms with van der Waals surface area (Å²) < 4.78 is 40.8. The zero-order valence-corrected chi connectivity index (χ0v) is 19.8. The molecular weight excluding hydrogens is 495 g/mol. The van der Waals surface area contributed by atoms with E-state index >= 15 is 0 Å². The van der Waals surface area contributed by atoms with Crippen LogP contribution in [0.5, 0.6) is 0 Å². The summed E-state index contributed by atoms with van der Waals surface area (Å²) in [7, 11) is 1.48. The van der Waals surface area contributed by atoms with Crippen LogP contribution >= 0.6 is 22.9 Å². The first-order chi connectivity index (χ1) is 15.9. The van der Waals surface area contributed by atoms with Crippen LogP contribution in [0.3, 0.4) is 0 Å². The number of aromatic nitrogens is 4. The van der Waals surface area contributed by atoms with Crippen LogP contribution in [0.2, 0.25) is 0 Å². The van der Waals surface area contributed by atoms with Crippen molar-refractivity contribution in [3.63, 3.8) is 0 Å². The van der Waals surface area contributed by atoms with E-state index in [1.165, 1.54) is 28.9 Å². The lowest BCUT2D eigenvalue weighted by atomic mass is 9.93. The van der Waals surface area contributed by atoms with Crippen LogP contribution in [-0.2, 0) is 4.79 Å². The minimum Gasteiger partial charge on any atom is -0.343 e. The number of hydrogen-bond acceptors (Lipinski definition) is 7. The second-order valence-electron chi connectivity index (χ2n) is 7.52. The van der Waals surface area contributed by atoms with Crippen molar-refractivity contribution in [2.75, 3.05) is 13.6 Å². The molecule has 2 atom stereocenters. The number of alkyl halides is 3. The first kappa shape index (κ1) is 25.4. The first-order valence-corrected chi connectivity index (χ1v) is 11.1. The standard InChI is InChI=1S/C20H19ClF3N7O2S/c1-10(27-17(32)12-6-13(20(22,23)24)8-14(21)7-12)16-28-11(2)29-31(16)19-26-9-15(34-19)18(33)30(3)5-4-25/h7-10,13H,5-6H2,1-3H3,(H,27,32). The van der Waals surface area contributed by atoms with Crippen molar-refractivity contribution in [3.05, 3.63) is 45.5 Å². The number of aryl methyl sites for hydroxylation is 1. The van der Waals surface area contributed by atoms with Gasteiger partial charge in [-0.3, -0.25) is 9.59 Å². The first-order valence-electron chi connectivity index (χ1n) is 9.88. The van der Waals surface area contributed by atoms with Crippen LogP contribution in [0.1, 0.15) is 40.7 Å². The quantitative estimate of drug-likeness (QED) is 0.591. The molecule has 14 heteroatoms. The van der Waals surface area contributed by atoms with E-state index in [1.807, 2.05) is 6.07 Å². The van der Waals surface area contributed by atoms with E-state index in [-0.39, 0.29) is 27.9 Å². The zero-order chi connectivity index (χ0) is 25.2. The molecule has 0 radical (unpaired) electrons. The Hall–Kier alpha value is -3.24. The zero-order valence-electron chi connectivity index (χ0n) is 18.2. The third-order valence-corrected chi connectivity index (χ3v) is 6.03. The molecular formula is C20H19ClF3N7O2S. The van der Waals surface area contributed by atoms with Crippen molar-refractivity contribution in [1.29, 1.82) is 5.26 Å². The Bertz CT molecular complexity index is 1210. The molecule has 9 nitrogen and oxygen atoms in total. The second kappa shape index (κ2) is 9.94. The summed E-state index contributed by atoms with van der Waals surface area (Å²) in [4.78, 5) is 35.1. The summed E-state index contributed by atoms with van der Waals surface area (Å²) >= 11 is 6.83. The molecule has 0 bridgehead atoms. The van der Waals surface area contributed by atoms with E-state index in [0.29, 0.717) is 11.0 Å². The van der Waals surface area contributed by atoms with E-state index in [2.05, 4.69) is 20.4 Å². The van der Waals surface area contributed by atoms with Crippen molar-refractivity contribution >= 4 is 34.8 Å². The van der Waals surface area contributed by atoms with E-state index < -0.39 is 36.4 Å². The molecule has 0 fully saturated rings. The molecule has 0 aliphatic heterocycles. The van der Waals surface area contributed by atoms with Crippen LogP contribution < -0.4 is 5.32 Å². The molecule has 2 unspecified atom stereocenters. The maximum Gasteiger partial charge on any atom is 0.395 e. The number of thiazole rings is 1. The van der Waals surface area contributed by atoms with E-state index in [1.54, 1.807) is 13.8 Å². The van der Waals surface area contributed by atoms with Gasteiger partial charge in [-0.2, -0.15) is 23.1 Å². The maximum absolute atomic E-state index is 13.1. The van der Waals surface area contributed by atoms with Gasteiger partial charge in [0.05, 0.1) is 24.2 Å². The van der Waals surface area contributed by atoms with Gasteiger partial charge in [0.25, 0.3) is 5.91 Å². The minimum absolute atomic E-state index is 0.0902. The average molecular weight is 514 g/mol. The Morgan fingerprint density at radius 3 is 2.82 bits per heavy atom. The third kappa shape index (κ3) is 5.63. The van der Waals surface area contributed by atoms with Crippen molar-refractivity contribution in [2.24, 2.45) is 5.92 Å². The van der Waals surface area contributed by atoms with Crippen LogP contribution in [0.4, 0.5) is 13.2 Å². The van der Waals surface area contributed by atoms with Crippen LogP contribution in [0.15, 0.2) is 29.0 Å². The minimum atomic E-state index is -4.52. The van der Waals surface area contributed by atoms with Gasteiger partial charge in [-0.25, -0.2) is 9.97 Å². The highest BCUT2D eigenvalue weighted by molar-refractivity contribution is 7.16. The number of nitriles is 1. The Kier molecular flexibility index (Phi) is 7.42. The molecule has 1 aliphatic carbocycles. The summed E-state index contributed by atoms with van der Waals surface area (Å²) in [6.07, 6.45) is -1.63. The largest absolute Gasteiger partial charge is 0.395 e. The summed E-state index contributed by atoms with van der Waals surface area (Å²) in [5, 5.41) is 15.8. The van der Waals surface area contributed by atoms with Gasteiger partial charge >= 0.3 is 6.18 Å². The molecule has 2 amide bonds. The fourth-order valence-electron chi connectivity index (χ4n) is 3.16. The number of rotatable bonds is 6. The van der Waals surface area contributed by atoms with E-state index in [0.717, 1.165) is 17.4 Å². The van der Waals surface area contributed by atoms with Gasteiger partial charge in [0, 0.05) is 17.7 Å². The molecule has 34 heavy (non-hydrogen) atoms. The fourth-order valence-corrected chi connectivity index (χ4v) is 4.32. The maximum atomic E-state index is 13.1. The number of allylic oxidation sites excluding steroid dienone is 3. The number of amides is 2. The molecule has 0 saturated heterocycles. The average Bonchev–Trinajstić information content (AvgIpc) is 3.39. The molecule has 0 spiro atoms. The molecule has 3 rings (SSSR count). The van der Waals surface area contributed by atoms with Crippen LogP contribution in [-0.4, -0.2) is 56.2 Å². The highest BCUT2D eigenvalue weighted by Crippen LogP contribution is 2.37. The monoisotopic (exact) mass is 513 g/mol. The Morgan fingerprint density at radius 2 is 2.18 bits per heavy atom. The number of carbonyl (C=O) groups is 2. The summed E-state index contributed by atoms with van der Waals surface area (Å²) in [6.45, 7) is 3.13. The van der Waals surface area contributed by atoms with Crippen LogP contribution in [0.25, 0.3) is 5.13 Å². The van der Waals surface area contributed by atoms with Crippen molar-refractivity contribution in [2.45, 2.75) is 32.5 Å². The van der Waals surface area contributed by atoms with Crippen LogP contribution in [0, 0.1) is 24.2 Å². The number of halogens is 4. The Labute approximate surface area is 201 Å². The summed E-state index contributed by atoms with van der Waals surface area (Å²) in [5.74, 6) is -2.32. The summed E-state index contributed by atoms with van der Waals surface area (Å²) in [5.41, 5.74) is -0.105. The van der Waals surface area contributed by atoms with Gasteiger partial charge in [-0.1, -0.05) is 29.0 Å². The molecule has 2 heterocycles. The molecule has 0 saturated carbocycles. The second-order valence-corrected chi connectivity index (χ2v) is 8.97. The number of nitrogens with one attached hydrogen (secondary N) is 1. The highest BCUT2D eigenvalue weighted by Gasteiger charge is 2.41. The molecule has 2 aromatic rings. The van der Waals surface area contributed by atoms with Gasteiger partial charge in [0.2, 0.25) is 11.0 Å². The van der Waals surface area contributed by atoms with Gasteiger partial charge in [-0.15, -0.1) is 5.10 Å². The van der Waals surface area contributed by atoms with E-state index in [9.17, 15) is 22.8 Å². The highest BCUT2D eigenvalue weighted by atomic mass is 35.5. The smallest absolute Gasteiger partial charge is 0.343 e.